The molecule has 198 valence electrons. The molecule has 8 heteroatoms. The predicted molar refractivity (Wildman–Crippen MR) is 145 cm³/mol. The second-order valence-electron chi connectivity index (χ2n) is 10.3. The summed E-state index contributed by atoms with van der Waals surface area (Å²) in [6.07, 6.45) is 6.91. The van der Waals surface area contributed by atoms with Crippen LogP contribution in [0.3, 0.4) is 0 Å². The van der Waals surface area contributed by atoms with Gasteiger partial charge < -0.3 is 9.64 Å². The van der Waals surface area contributed by atoms with Crippen LogP contribution in [-0.4, -0.2) is 72.4 Å². The molecule has 1 fully saturated rings. The summed E-state index contributed by atoms with van der Waals surface area (Å²) in [4.78, 5) is 42.6. The van der Waals surface area contributed by atoms with Crippen molar-refractivity contribution in [2.75, 3.05) is 33.7 Å². The summed E-state index contributed by atoms with van der Waals surface area (Å²) >= 11 is 0. The van der Waals surface area contributed by atoms with Gasteiger partial charge in [0.05, 0.1) is 11.1 Å². The van der Waals surface area contributed by atoms with Gasteiger partial charge in [0.1, 0.15) is 5.75 Å². The predicted octanol–water partition coefficient (Wildman–Crippen LogP) is 5.13. The Morgan fingerprint density at radius 2 is 1.59 bits per heavy atom. The third-order valence-corrected chi connectivity index (χ3v) is 7.94. The number of ether oxygens (including phenoxy) is 1. The number of hydrogen-bond acceptors (Lipinski definition) is 5. The lowest BCUT2D eigenvalue weighted by molar-refractivity contribution is 0.0651. The highest BCUT2D eigenvalue weighted by Gasteiger charge is 2.39. The Balaban J connectivity index is 0.00000320. The highest BCUT2D eigenvalue weighted by molar-refractivity contribution is 6.21. The zero-order valence-corrected chi connectivity index (χ0v) is 22.5. The summed E-state index contributed by atoms with van der Waals surface area (Å²) in [6, 6.07) is 13.8. The lowest BCUT2D eigenvalue weighted by Crippen LogP contribution is -2.36. The summed E-state index contributed by atoms with van der Waals surface area (Å²) in [5.41, 5.74) is 3.61. The third kappa shape index (κ3) is 5.39. The van der Waals surface area contributed by atoms with Crippen molar-refractivity contribution in [3.8, 4) is 5.75 Å². The number of imide groups is 1. The van der Waals surface area contributed by atoms with E-state index in [0.717, 1.165) is 58.0 Å². The summed E-state index contributed by atoms with van der Waals surface area (Å²) < 4.78 is 5.65. The van der Waals surface area contributed by atoms with E-state index < -0.39 is 0 Å². The van der Waals surface area contributed by atoms with Gasteiger partial charge in [0.2, 0.25) is 0 Å². The van der Waals surface area contributed by atoms with Crippen LogP contribution in [0.1, 0.15) is 76.3 Å². The monoisotopic (exact) mass is 525 g/mol. The molecule has 3 aliphatic rings. The fourth-order valence-corrected chi connectivity index (χ4v) is 6.09. The van der Waals surface area contributed by atoms with E-state index in [1.807, 2.05) is 12.1 Å². The summed E-state index contributed by atoms with van der Waals surface area (Å²) in [5.74, 6) is 0.897. The Morgan fingerprint density at radius 1 is 0.919 bits per heavy atom. The summed E-state index contributed by atoms with van der Waals surface area (Å²) in [5, 5.41) is 0. The maximum atomic E-state index is 12.5. The van der Waals surface area contributed by atoms with Gasteiger partial charge in [0.15, 0.2) is 0 Å². The molecule has 2 atom stereocenters. The van der Waals surface area contributed by atoms with Crippen molar-refractivity contribution in [2.45, 2.75) is 56.9 Å². The van der Waals surface area contributed by atoms with Crippen molar-refractivity contribution in [3.05, 3.63) is 64.7 Å². The van der Waals surface area contributed by atoms with E-state index in [-0.39, 0.29) is 30.3 Å². The van der Waals surface area contributed by atoms with Crippen molar-refractivity contribution >= 4 is 30.3 Å². The molecule has 1 saturated heterocycles. The minimum Gasteiger partial charge on any atom is -0.410 e. The van der Waals surface area contributed by atoms with E-state index in [0.29, 0.717) is 35.4 Å². The lowest BCUT2D eigenvalue weighted by atomic mass is 9.79. The molecule has 7 nitrogen and oxygen atoms in total. The summed E-state index contributed by atoms with van der Waals surface area (Å²) in [6.45, 7) is 2.68. The van der Waals surface area contributed by atoms with Crippen LogP contribution in [0, 0.1) is 0 Å². The highest BCUT2D eigenvalue weighted by Crippen LogP contribution is 2.44. The molecule has 0 spiro atoms. The molecule has 0 N–H and O–H groups in total. The van der Waals surface area contributed by atoms with Crippen molar-refractivity contribution in [1.29, 1.82) is 0 Å². The van der Waals surface area contributed by atoms with Crippen LogP contribution in [0.2, 0.25) is 0 Å². The Morgan fingerprint density at radius 3 is 2.27 bits per heavy atom. The molecule has 2 heterocycles. The standard InChI is InChI=1S/C29H35N3O4.ClH/c1-30(2)29(35)36-26-13-9-12-20-21-16-19-31(25(21)15-14-22(20)26)17-7-3-4-8-18-32-27(33)23-10-5-6-11-24(23)28(32)34;/h5-6,9-13,21,25H,3-4,7-8,14-19H2,1-2H3;1H. The number of rotatable bonds is 8. The van der Waals surface area contributed by atoms with Gasteiger partial charge in [-0.15, -0.1) is 12.4 Å². The zero-order chi connectivity index (χ0) is 25.2. The van der Waals surface area contributed by atoms with E-state index in [9.17, 15) is 14.4 Å². The van der Waals surface area contributed by atoms with Crippen LogP contribution < -0.4 is 4.74 Å². The molecule has 37 heavy (non-hydrogen) atoms. The highest BCUT2D eigenvalue weighted by atomic mass is 35.5. The number of benzene rings is 2. The molecule has 2 aliphatic heterocycles. The van der Waals surface area contributed by atoms with E-state index in [1.165, 1.54) is 20.9 Å². The smallest absolute Gasteiger partial charge is 0.410 e. The van der Waals surface area contributed by atoms with Gasteiger partial charge in [-0.3, -0.25) is 19.4 Å². The Bertz CT molecular complexity index is 1130. The van der Waals surface area contributed by atoms with Crippen LogP contribution in [0.4, 0.5) is 4.79 Å². The number of carbonyl (C=O) groups is 3. The van der Waals surface area contributed by atoms with Gasteiger partial charge in [-0.1, -0.05) is 37.1 Å². The van der Waals surface area contributed by atoms with E-state index in [1.54, 1.807) is 38.4 Å². The second kappa shape index (κ2) is 11.7. The van der Waals surface area contributed by atoms with Crippen LogP contribution in [0.25, 0.3) is 0 Å². The molecule has 5 rings (SSSR count). The lowest BCUT2D eigenvalue weighted by Gasteiger charge is -2.34. The molecule has 3 amide bonds. The number of hydrogen-bond donors (Lipinski definition) is 0. The van der Waals surface area contributed by atoms with Gasteiger partial charge in [-0.25, -0.2) is 4.79 Å². The Hall–Kier alpha value is -2.90. The molecular weight excluding hydrogens is 490 g/mol. The van der Waals surface area contributed by atoms with E-state index in [4.69, 9.17) is 4.74 Å². The maximum absolute atomic E-state index is 12.5. The number of likely N-dealkylation sites (tertiary alicyclic amines) is 1. The summed E-state index contributed by atoms with van der Waals surface area (Å²) in [7, 11) is 3.40. The molecule has 2 aromatic carbocycles. The number of amides is 3. The first-order valence-corrected chi connectivity index (χ1v) is 13.2. The van der Waals surface area contributed by atoms with Gasteiger partial charge in [0.25, 0.3) is 11.8 Å². The van der Waals surface area contributed by atoms with Crippen molar-refractivity contribution < 1.29 is 19.1 Å². The molecule has 0 aromatic heterocycles. The van der Waals surface area contributed by atoms with Crippen molar-refractivity contribution in [2.24, 2.45) is 0 Å². The quantitative estimate of drug-likeness (QED) is 0.353. The average molecular weight is 526 g/mol. The minimum atomic E-state index is -0.332. The molecular formula is C29H36ClN3O4. The van der Waals surface area contributed by atoms with Gasteiger partial charge in [-0.05, 0) is 74.5 Å². The van der Waals surface area contributed by atoms with E-state index in [2.05, 4.69) is 11.0 Å². The number of halogens is 1. The minimum absolute atomic E-state index is 0. The first-order valence-electron chi connectivity index (χ1n) is 13.2. The van der Waals surface area contributed by atoms with Crippen LogP contribution in [0.15, 0.2) is 42.5 Å². The number of nitrogens with zero attached hydrogens (tertiary/aromatic N) is 3. The molecule has 2 unspecified atom stereocenters. The van der Waals surface area contributed by atoms with Crippen molar-refractivity contribution in [1.82, 2.24) is 14.7 Å². The zero-order valence-electron chi connectivity index (χ0n) is 21.7. The van der Waals surface area contributed by atoms with Gasteiger partial charge in [-0.2, -0.15) is 0 Å². The largest absolute Gasteiger partial charge is 0.414 e. The average Bonchev–Trinajstić information content (AvgIpc) is 3.40. The normalized spacial score (nSPS) is 20.2. The molecule has 0 saturated carbocycles. The molecule has 0 radical (unpaired) electrons. The van der Waals surface area contributed by atoms with Gasteiger partial charge in [0, 0.05) is 32.6 Å². The Labute approximate surface area is 225 Å². The number of unbranched alkanes of at least 4 members (excludes halogenated alkanes) is 3. The fourth-order valence-electron chi connectivity index (χ4n) is 6.09. The SMILES string of the molecule is CN(C)C(=O)Oc1cccc2c1CCC1C2CCN1CCCCCCN1C(=O)c2ccccc2C1=O.Cl. The second-order valence-corrected chi connectivity index (χ2v) is 10.3. The third-order valence-electron chi connectivity index (χ3n) is 7.94. The van der Waals surface area contributed by atoms with Gasteiger partial charge >= 0.3 is 6.09 Å². The molecule has 0 bridgehead atoms. The molecule has 2 aromatic rings. The number of fused-ring (bicyclic) bond motifs is 4. The first-order chi connectivity index (χ1) is 17.5. The van der Waals surface area contributed by atoms with Crippen LogP contribution in [-0.2, 0) is 6.42 Å². The molecule has 1 aliphatic carbocycles. The van der Waals surface area contributed by atoms with Crippen LogP contribution >= 0.6 is 12.4 Å². The van der Waals surface area contributed by atoms with Crippen LogP contribution in [0.5, 0.6) is 5.75 Å². The van der Waals surface area contributed by atoms with Crippen molar-refractivity contribution in [3.63, 3.8) is 0 Å². The number of carbonyl (C=O) groups excluding carboxylic acids is 3. The van der Waals surface area contributed by atoms with E-state index >= 15 is 0 Å². The Kier molecular flexibility index (Phi) is 8.55. The fraction of sp³-hybridized carbons (Fsp3) is 0.483. The first kappa shape index (κ1) is 27.1. The topological polar surface area (TPSA) is 70.2 Å². The maximum Gasteiger partial charge on any atom is 0.414 e.